The summed E-state index contributed by atoms with van der Waals surface area (Å²) in [6.45, 7) is 5.70. The van der Waals surface area contributed by atoms with Gasteiger partial charge in [-0.2, -0.15) is 8.78 Å². The van der Waals surface area contributed by atoms with Gasteiger partial charge in [0, 0.05) is 34.7 Å². The maximum atomic E-state index is 14.9. The molecule has 2 heterocycles. The number of carbonyl (C=O) groups excluding carboxylic acids is 3. The number of benzene rings is 2. The SMILES string of the molecule is CN=C(N)c1ccc([C@@H](C)NC(=O)[C@@H]2C[C@]3(C)[C@H](C)[C@@H]3N2C(=O)CNC(=O)c2ccc3c(c2)-c2ccccc2C3(F)F)s1. The first kappa shape index (κ1) is 29.0. The number of aliphatic imine (C=N–C) groups is 1. The fraction of sp³-hybridized carbons (Fsp3) is 0.375. The van der Waals surface area contributed by atoms with E-state index in [1.165, 1.54) is 35.6 Å². The Balaban J connectivity index is 1.14. The Hall–Kier alpha value is -4.12. The zero-order valence-corrected chi connectivity index (χ0v) is 25.1. The molecule has 2 fully saturated rings. The number of nitrogens with one attached hydrogen (secondary N) is 2. The third-order valence-corrected chi connectivity index (χ3v) is 10.7. The zero-order chi connectivity index (χ0) is 30.8. The van der Waals surface area contributed by atoms with Crippen LogP contribution in [0.4, 0.5) is 8.78 Å². The fourth-order valence-corrected chi connectivity index (χ4v) is 7.73. The molecular weight excluding hydrogens is 572 g/mol. The van der Waals surface area contributed by atoms with Gasteiger partial charge in [-0.05, 0) is 60.1 Å². The molecule has 3 aliphatic rings. The van der Waals surface area contributed by atoms with Crippen LogP contribution in [0.25, 0.3) is 11.1 Å². The van der Waals surface area contributed by atoms with Crippen molar-refractivity contribution in [2.75, 3.05) is 13.6 Å². The molecule has 1 saturated heterocycles. The summed E-state index contributed by atoms with van der Waals surface area (Å²) >= 11 is 1.45. The number of thiophene rings is 1. The van der Waals surface area contributed by atoms with Crippen LogP contribution in [-0.2, 0) is 15.5 Å². The average Bonchev–Trinajstić information content (AvgIpc) is 3.42. The van der Waals surface area contributed by atoms with Gasteiger partial charge in [0.1, 0.15) is 11.9 Å². The lowest BCUT2D eigenvalue weighted by molar-refractivity contribution is -0.139. The van der Waals surface area contributed by atoms with Gasteiger partial charge in [0.2, 0.25) is 11.8 Å². The second-order valence-electron chi connectivity index (χ2n) is 11.9. The van der Waals surface area contributed by atoms with E-state index in [9.17, 15) is 23.2 Å². The monoisotopic (exact) mass is 605 g/mol. The summed E-state index contributed by atoms with van der Waals surface area (Å²) in [5.74, 6) is -3.65. The topological polar surface area (TPSA) is 117 Å². The summed E-state index contributed by atoms with van der Waals surface area (Å²) in [4.78, 5) is 47.4. The maximum absolute atomic E-state index is 14.9. The molecule has 1 aliphatic heterocycles. The van der Waals surface area contributed by atoms with Crippen molar-refractivity contribution < 1.29 is 23.2 Å². The average molecular weight is 606 g/mol. The minimum absolute atomic E-state index is 0.0922. The van der Waals surface area contributed by atoms with E-state index < -0.39 is 17.9 Å². The zero-order valence-electron chi connectivity index (χ0n) is 24.3. The Morgan fingerprint density at radius 1 is 1.12 bits per heavy atom. The van der Waals surface area contributed by atoms with Gasteiger partial charge in [0.15, 0.2) is 0 Å². The predicted octanol–water partition coefficient (Wildman–Crippen LogP) is 4.44. The number of piperidine rings is 1. The second kappa shape index (κ2) is 10.3. The van der Waals surface area contributed by atoms with Crippen LogP contribution in [0, 0.1) is 11.3 Å². The van der Waals surface area contributed by atoms with Gasteiger partial charge in [-0.25, -0.2) is 0 Å². The standard InChI is InChI=1S/C32H33F2N5O3S/c1-16-27-31(16,3)14-23(30(42)38-17(2)24-11-12-25(43-24)28(35)36-4)39(27)26(40)15-37-29(41)18-9-10-22-20(13-18)19-7-5-6-8-21(19)32(22,33)34/h5-13,16-17,23,27H,14-15H2,1-4H3,(H2,35,36)(H,37,41)(H,38,42)/t16-,17-,23+,27+,31-/m1/s1. The molecule has 0 bridgehead atoms. The van der Waals surface area contributed by atoms with E-state index in [0.29, 0.717) is 23.4 Å². The number of carbonyl (C=O) groups is 3. The molecule has 8 nitrogen and oxygen atoms in total. The largest absolute Gasteiger partial charge is 0.383 e. The molecule has 2 aliphatic carbocycles. The Labute approximate surface area is 252 Å². The number of alkyl halides is 2. The smallest absolute Gasteiger partial charge is 0.299 e. The number of likely N-dealkylation sites (tertiary alicyclic amines) is 1. The highest BCUT2D eigenvalue weighted by molar-refractivity contribution is 7.14. The molecule has 0 unspecified atom stereocenters. The highest BCUT2D eigenvalue weighted by atomic mass is 32.1. The van der Waals surface area contributed by atoms with Crippen molar-refractivity contribution in [1.29, 1.82) is 0 Å². The molecule has 1 aromatic heterocycles. The summed E-state index contributed by atoms with van der Waals surface area (Å²) in [5.41, 5.74) is 6.37. The van der Waals surface area contributed by atoms with Crippen molar-refractivity contribution in [2.24, 2.45) is 22.1 Å². The maximum Gasteiger partial charge on any atom is 0.299 e. The number of hydrogen-bond donors (Lipinski definition) is 3. The van der Waals surface area contributed by atoms with E-state index in [2.05, 4.69) is 29.5 Å². The van der Waals surface area contributed by atoms with Crippen molar-refractivity contribution in [3.8, 4) is 11.1 Å². The molecule has 43 heavy (non-hydrogen) atoms. The molecule has 5 atom stereocenters. The minimum Gasteiger partial charge on any atom is -0.383 e. The number of nitrogens with two attached hydrogens (primary N) is 1. The number of hydrogen-bond acceptors (Lipinski definition) is 5. The van der Waals surface area contributed by atoms with Gasteiger partial charge in [-0.1, -0.05) is 44.2 Å². The lowest BCUT2D eigenvalue weighted by atomic mass is 9.98. The molecule has 4 N–H and O–H groups in total. The van der Waals surface area contributed by atoms with Gasteiger partial charge in [-0.3, -0.25) is 19.4 Å². The van der Waals surface area contributed by atoms with Crippen LogP contribution >= 0.6 is 11.3 Å². The third kappa shape index (κ3) is 4.61. The summed E-state index contributed by atoms with van der Waals surface area (Å²) < 4.78 is 29.9. The summed E-state index contributed by atoms with van der Waals surface area (Å²) in [5, 5.41) is 5.70. The Kier molecular flexibility index (Phi) is 6.91. The van der Waals surface area contributed by atoms with E-state index >= 15 is 0 Å². The third-order valence-electron chi connectivity index (χ3n) is 9.42. The Morgan fingerprint density at radius 3 is 2.58 bits per heavy atom. The minimum atomic E-state index is -3.14. The highest BCUT2D eigenvalue weighted by Crippen LogP contribution is 2.63. The lowest BCUT2D eigenvalue weighted by Crippen LogP contribution is -2.51. The van der Waals surface area contributed by atoms with Crippen LogP contribution in [-0.4, -0.2) is 54.1 Å². The first-order valence-corrected chi connectivity index (χ1v) is 15.0. The van der Waals surface area contributed by atoms with Crippen LogP contribution in [0.2, 0.25) is 0 Å². The Bertz CT molecular complexity index is 1690. The normalized spacial score (nSPS) is 25.4. The number of halogens is 2. The lowest BCUT2D eigenvalue weighted by Gasteiger charge is -2.29. The second-order valence-corrected chi connectivity index (χ2v) is 13.0. The van der Waals surface area contributed by atoms with Crippen molar-refractivity contribution in [1.82, 2.24) is 15.5 Å². The molecule has 11 heteroatoms. The number of fused-ring (bicyclic) bond motifs is 4. The quantitative estimate of drug-likeness (QED) is 0.273. The van der Waals surface area contributed by atoms with Gasteiger partial charge in [-0.15, -0.1) is 11.3 Å². The predicted molar refractivity (Wildman–Crippen MR) is 161 cm³/mol. The van der Waals surface area contributed by atoms with E-state index in [-0.39, 0.29) is 58.5 Å². The molecule has 6 rings (SSSR count). The van der Waals surface area contributed by atoms with Crippen LogP contribution in [0.5, 0.6) is 0 Å². The van der Waals surface area contributed by atoms with Crippen LogP contribution in [0.1, 0.15) is 64.5 Å². The molecule has 1 saturated carbocycles. The van der Waals surface area contributed by atoms with Gasteiger partial charge >= 0.3 is 0 Å². The van der Waals surface area contributed by atoms with Crippen LogP contribution in [0.3, 0.4) is 0 Å². The van der Waals surface area contributed by atoms with Gasteiger partial charge in [0.05, 0.1) is 17.5 Å². The fourth-order valence-electron chi connectivity index (χ4n) is 6.77. The first-order chi connectivity index (χ1) is 20.4. The number of nitrogens with zero attached hydrogens (tertiary/aromatic N) is 2. The van der Waals surface area contributed by atoms with E-state index in [0.717, 1.165) is 9.75 Å². The highest BCUT2D eigenvalue weighted by Gasteiger charge is 2.69. The van der Waals surface area contributed by atoms with Crippen molar-refractivity contribution in [3.63, 3.8) is 0 Å². The Morgan fingerprint density at radius 2 is 1.84 bits per heavy atom. The van der Waals surface area contributed by atoms with Gasteiger partial charge in [0.25, 0.3) is 11.8 Å². The molecular formula is C32H33F2N5O3S. The summed E-state index contributed by atoms with van der Waals surface area (Å²) in [6.07, 6.45) is 0.528. The van der Waals surface area contributed by atoms with E-state index in [1.807, 2.05) is 19.1 Å². The molecule has 3 amide bonds. The number of rotatable bonds is 7. The van der Waals surface area contributed by atoms with E-state index in [4.69, 9.17) is 5.73 Å². The van der Waals surface area contributed by atoms with Crippen LogP contribution in [0.15, 0.2) is 59.6 Å². The van der Waals surface area contributed by atoms with Gasteiger partial charge < -0.3 is 21.3 Å². The molecule has 0 radical (unpaired) electrons. The van der Waals surface area contributed by atoms with Crippen molar-refractivity contribution in [2.45, 2.75) is 51.2 Å². The first-order valence-electron chi connectivity index (χ1n) is 14.2. The summed E-state index contributed by atoms with van der Waals surface area (Å²) in [7, 11) is 1.62. The molecule has 3 aromatic rings. The van der Waals surface area contributed by atoms with E-state index in [1.54, 1.807) is 30.1 Å². The molecule has 224 valence electrons. The number of amides is 3. The number of amidine groups is 1. The molecule has 2 aromatic carbocycles. The molecule has 0 spiro atoms. The summed E-state index contributed by atoms with van der Waals surface area (Å²) in [6, 6.07) is 13.0. The van der Waals surface area contributed by atoms with Crippen molar-refractivity contribution >= 4 is 34.9 Å². The van der Waals surface area contributed by atoms with Crippen LogP contribution < -0.4 is 16.4 Å². The van der Waals surface area contributed by atoms with Crippen molar-refractivity contribution in [3.05, 3.63) is 81.0 Å².